The molecule has 11 heavy (non-hydrogen) atoms. The van der Waals surface area contributed by atoms with Gasteiger partial charge in [-0.15, -0.1) is 0 Å². The van der Waals surface area contributed by atoms with Gasteiger partial charge in [-0.25, -0.2) is 0 Å². The van der Waals surface area contributed by atoms with Crippen LogP contribution in [-0.4, -0.2) is 29.9 Å². The van der Waals surface area contributed by atoms with Gasteiger partial charge in [0.15, 0.2) is 0 Å². The zero-order valence-electron chi connectivity index (χ0n) is 8.46. The lowest BCUT2D eigenvalue weighted by molar-refractivity contribution is 0.0300. The van der Waals surface area contributed by atoms with Crippen molar-refractivity contribution in [1.29, 1.82) is 0 Å². The first-order chi connectivity index (χ1) is 4.13. The van der Waals surface area contributed by atoms with Crippen LogP contribution < -0.4 is 6.15 Å². The highest BCUT2D eigenvalue weighted by Crippen LogP contribution is 1.93. The van der Waals surface area contributed by atoms with E-state index in [1.807, 2.05) is 27.7 Å². The third-order valence-corrected chi connectivity index (χ3v) is 0.544. The number of ether oxygens (including phenoxy) is 1. The second-order valence-corrected chi connectivity index (χ2v) is 2.23. The summed E-state index contributed by atoms with van der Waals surface area (Å²) in [5.74, 6) is 0. The van der Waals surface area contributed by atoms with Gasteiger partial charge in [-0.1, -0.05) is 0 Å². The molecule has 0 aromatic carbocycles. The molecule has 0 aliphatic rings. The van der Waals surface area contributed by atoms with E-state index in [1.165, 1.54) is 0 Å². The molecule has 6 N–H and O–H groups in total. The first-order valence-electron chi connectivity index (χ1n) is 3.23. The Labute approximate surface area is 69.5 Å². The zero-order chi connectivity index (χ0) is 7.86. The lowest BCUT2D eigenvalue weighted by atomic mass is 10.4. The van der Waals surface area contributed by atoms with E-state index >= 15 is 0 Å². The van der Waals surface area contributed by atoms with E-state index < -0.39 is 0 Å². The fourth-order valence-electron chi connectivity index (χ4n) is 0.544. The van der Waals surface area contributed by atoms with E-state index in [1.54, 1.807) is 0 Å². The molecule has 0 aliphatic carbocycles. The Morgan fingerprint density at radius 3 is 1.09 bits per heavy atom. The number of rotatable bonds is 2. The van der Waals surface area contributed by atoms with E-state index in [2.05, 4.69) is 0 Å². The summed E-state index contributed by atoms with van der Waals surface area (Å²) in [4.78, 5) is 0. The van der Waals surface area contributed by atoms with Gasteiger partial charge < -0.3 is 21.5 Å². The third-order valence-electron chi connectivity index (χ3n) is 0.544. The fourth-order valence-corrected chi connectivity index (χ4v) is 0.544. The van der Waals surface area contributed by atoms with Crippen LogP contribution in [0.3, 0.4) is 0 Å². The molecule has 0 saturated carbocycles. The number of quaternary nitrogens is 1. The van der Waals surface area contributed by atoms with Gasteiger partial charge in [-0.05, 0) is 27.7 Å². The largest absolute Gasteiger partial charge is 0.870 e. The molecule has 0 fully saturated rings. The summed E-state index contributed by atoms with van der Waals surface area (Å²) >= 11 is 0. The van der Waals surface area contributed by atoms with Crippen molar-refractivity contribution in [3.05, 3.63) is 0 Å². The maximum absolute atomic E-state index is 7.00. The maximum atomic E-state index is 7.00. The van der Waals surface area contributed by atoms with Crippen molar-refractivity contribution in [3.63, 3.8) is 0 Å². The standard InChI is InChI=1S/C6H14O.CH4O.H3N.H2O/c1-5(2)7-6(3)4;1-2;;/h5-6H,1-4H3;2H,1H3;1H3;1H2. The molecule has 0 aromatic rings. The van der Waals surface area contributed by atoms with Crippen LogP contribution in [-0.2, 0) is 4.74 Å². The van der Waals surface area contributed by atoms with Gasteiger partial charge in [0, 0.05) is 7.11 Å². The molecule has 0 amide bonds. The Balaban J connectivity index is -0.0000000564. The van der Waals surface area contributed by atoms with Crippen molar-refractivity contribution in [2.24, 2.45) is 0 Å². The quantitative estimate of drug-likeness (QED) is 0.657. The van der Waals surface area contributed by atoms with Crippen LogP contribution in [0.25, 0.3) is 0 Å². The van der Waals surface area contributed by atoms with Crippen molar-refractivity contribution in [1.82, 2.24) is 6.15 Å². The molecule has 0 heterocycles. The first-order valence-corrected chi connectivity index (χ1v) is 3.23. The van der Waals surface area contributed by atoms with E-state index in [9.17, 15) is 0 Å². The molecular formula is C7H23NO3. The molecule has 4 nitrogen and oxygen atoms in total. The third kappa shape index (κ3) is 41.0. The molecule has 0 saturated heterocycles. The summed E-state index contributed by atoms with van der Waals surface area (Å²) in [7, 11) is 1.00. The Hall–Kier alpha value is -0.160. The summed E-state index contributed by atoms with van der Waals surface area (Å²) in [5, 5.41) is 7.00. The Morgan fingerprint density at radius 2 is 1.09 bits per heavy atom. The minimum atomic E-state index is 0. The van der Waals surface area contributed by atoms with Crippen LogP contribution >= 0.6 is 0 Å². The average Bonchev–Trinajstić information content (AvgIpc) is 1.68. The maximum Gasteiger partial charge on any atom is 0.0522 e. The molecule has 0 unspecified atom stereocenters. The van der Waals surface area contributed by atoms with Gasteiger partial charge in [-0.3, -0.25) is 0 Å². The minimum Gasteiger partial charge on any atom is -0.870 e. The van der Waals surface area contributed by atoms with Crippen LogP contribution in [0.1, 0.15) is 27.7 Å². The smallest absolute Gasteiger partial charge is 0.0522 e. The van der Waals surface area contributed by atoms with E-state index in [0.717, 1.165) is 7.11 Å². The van der Waals surface area contributed by atoms with Crippen LogP contribution in [0.15, 0.2) is 0 Å². The molecule has 0 atom stereocenters. The lowest BCUT2D eigenvalue weighted by Crippen LogP contribution is -2.09. The van der Waals surface area contributed by atoms with E-state index in [4.69, 9.17) is 9.84 Å². The van der Waals surface area contributed by atoms with Crippen LogP contribution in [0.4, 0.5) is 0 Å². The van der Waals surface area contributed by atoms with Crippen LogP contribution in [0, 0.1) is 0 Å². The van der Waals surface area contributed by atoms with Crippen LogP contribution in [0.2, 0.25) is 0 Å². The summed E-state index contributed by atoms with van der Waals surface area (Å²) in [6.45, 7) is 8.17. The van der Waals surface area contributed by atoms with Crippen molar-refractivity contribution >= 4 is 0 Å². The highest BCUT2D eigenvalue weighted by atomic mass is 16.5. The Bertz CT molecular complexity index is 43.0. The predicted molar refractivity (Wildman–Crippen MR) is 47.4 cm³/mol. The van der Waals surface area contributed by atoms with E-state index in [-0.39, 0.29) is 11.6 Å². The molecule has 4 heteroatoms. The number of hydrogen-bond donors (Lipinski definition) is 2. The van der Waals surface area contributed by atoms with Crippen molar-refractivity contribution < 1.29 is 15.3 Å². The topological polar surface area (TPSA) is 96.0 Å². The second-order valence-electron chi connectivity index (χ2n) is 2.23. The Morgan fingerprint density at radius 1 is 0.909 bits per heavy atom. The fraction of sp³-hybridized carbons (Fsp3) is 1.00. The van der Waals surface area contributed by atoms with Crippen molar-refractivity contribution in [3.8, 4) is 0 Å². The summed E-state index contributed by atoms with van der Waals surface area (Å²) < 4.78 is 5.25. The van der Waals surface area contributed by atoms with Crippen molar-refractivity contribution in [2.75, 3.05) is 7.11 Å². The average molecular weight is 169 g/mol. The number of aliphatic hydroxyl groups is 1. The first kappa shape index (κ1) is 22.4. The lowest BCUT2D eigenvalue weighted by Gasteiger charge is -2.09. The highest BCUT2D eigenvalue weighted by molar-refractivity contribution is 4.40. The molecule has 0 spiro atoms. The van der Waals surface area contributed by atoms with Gasteiger partial charge in [0.2, 0.25) is 0 Å². The van der Waals surface area contributed by atoms with E-state index in [0.29, 0.717) is 12.2 Å². The SMILES string of the molecule is CC(C)OC(C)C.CO.[NH4+].[OH-]. The molecule has 0 rings (SSSR count). The molecular weight excluding hydrogens is 146 g/mol. The minimum absolute atomic E-state index is 0. The molecule has 0 aliphatic heterocycles. The number of aliphatic hydroxyl groups excluding tert-OH is 1. The molecule has 0 bridgehead atoms. The second kappa shape index (κ2) is 16.4. The molecule has 74 valence electrons. The molecule has 0 radical (unpaired) electrons. The predicted octanol–water partition coefficient (Wildman–Crippen LogP) is 1.63. The van der Waals surface area contributed by atoms with Gasteiger partial charge in [0.05, 0.1) is 12.2 Å². The van der Waals surface area contributed by atoms with Gasteiger partial charge in [0.25, 0.3) is 0 Å². The Kier molecular flexibility index (Phi) is 33.5. The monoisotopic (exact) mass is 169 g/mol. The van der Waals surface area contributed by atoms with Gasteiger partial charge >= 0.3 is 0 Å². The summed E-state index contributed by atoms with van der Waals surface area (Å²) in [6.07, 6.45) is 0.750. The summed E-state index contributed by atoms with van der Waals surface area (Å²) in [6, 6.07) is 0. The highest BCUT2D eigenvalue weighted by Gasteiger charge is 1.94. The summed E-state index contributed by atoms with van der Waals surface area (Å²) in [5.41, 5.74) is 0. The van der Waals surface area contributed by atoms with Gasteiger partial charge in [0.1, 0.15) is 0 Å². The zero-order valence-corrected chi connectivity index (χ0v) is 8.46. The molecule has 0 aromatic heterocycles. The van der Waals surface area contributed by atoms with Crippen LogP contribution in [0.5, 0.6) is 0 Å². The van der Waals surface area contributed by atoms with Crippen molar-refractivity contribution in [2.45, 2.75) is 39.9 Å². The normalized spacial score (nSPS) is 7.64. The number of hydrogen-bond acceptors (Lipinski definition) is 3. The van der Waals surface area contributed by atoms with Gasteiger partial charge in [-0.2, -0.15) is 0 Å².